The minimum Gasteiger partial charge on any atom is -0.479 e. The molecule has 6 nitrogen and oxygen atoms in total. The number of carbonyl (C=O) groups excluding carboxylic acids is 1. The highest BCUT2D eigenvalue weighted by molar-refractivity contribution is 7.97. The van der Waals surface area contributed by atoms with Crippen LogP contribution in [0.15, 0.2) is 23.3 Å². The van der Waals surface area contributed by atoms with Gasteiger partial charge in [-0.3, -0.25) is 0 Å². The third-order valence-corrected chi connectivity index (χ3v) is 2.36. The van der Waals surface area contributed by atoms with Gasteiger partial charge >= 0.3 is 11.9 Å². The van der Waals surface area contributed by atoms with E-state index in [1.54, 1.807) is 18.4 Å². The number of hydrogen-bond donors (Lipinski definition) is 1. The molecule has 0 fully saturated rings. The Bertz CT molecular complexity index is 349. The summed E-state index contributed by atoms with van der Waals surface area (Å²) in [6.45, 7) is 1.71. The zero-order chi connectivity index (χ0) is 12.7. The maximum atomic E-state index is 11.3. The number of carbonyl (C=O) groups is 2. The largest absolute Gasteiger partial charge is 0.479 e. The molecule has 1 aliphatic heterocycles. The normalized spacial score (nSPS) is 15.7. The lowest BCUT2D eigenvalue weighted by Crippen LogP contribution is -2.35. The molecule has 0 aromatic rings. The molecule has 1 unspecified atom stereocenters. The van der Waals surface area contributed by atoms with Gasteiger partial charge in [0.2, 0.25) is 0 Å². The minimum absolute atomic E-state index is 0.00262. The van der Waals surface area contributed by atoms with Crippen LogP contribution in [-0.4, -0.2) is 36.4 Å². The van der Waals surface area contributed by atoms with Gasteiger partial charge in [-0.1, -0.05) is 0 Å². The molecule has 0 saturated carbocycles. The summed E-state index contributed by atoms with van der Waals surface area (Å²) in [4.78, 5) is 22.1. The first kappa shape index (κ1) is 13.6. The zero-order valence-corrected chi connectivity index (χ0v) is 9.94. The molecule has 0 saturated heterocycles. The van der Waals surface area contributed by atoms with Crippen LogP contribution in [0.5, 0.6) is 0 Å². The van der Waals surface area contributed by atoms with Crippen molar-refractivity contribution in [3.8, 4) is 0 Å². The molecule has 0 amide bonds. The van der Waals surface area contributed by atoms with Crippen molar-refractivity contribution in [1.82, 2.24) is 0 Å². The van der Waals surface area contributed by atoms with Crippen molar-refractivity contribution in [2.24, 2.45) is 0 Å². The highest BCUT2D eigenvalue weighted by Gasteiger charge is 2.28. The van der Waals surface area contributed by atoms with Gasteiger partial charge in [0.1, 0.15) is 6.26 Å². The highest BCUT2D eigenvalue weighted by atomic mass is 32.2. The van der Waals surface area contributed by atoms with Gasteiger partial charge in [0.05, 0.1) is 25.3 Å². The third-order valence-electron chi connectivity index (χ3n) is 1.73. The number of hydrogen-bond acceptors (Lipinski definition) is 6. The predicted molar refractivity (Wildman–Crippen MR) is 59.9 cm³/mol. The Labute approximate surface area is 102 Å². The Morgan fingerprint density at radius 2 is 2.35 bits per heavy atom. The molecule has 0 bridgehead atoms. The summed E-state index contributed by atoms with van der Waals surface area (Å²) >= 11 is 1.09. The Balaban J connectivity index is 2.49. The molecule has 0 spiro atoms. The average molecular weight is 260 g/mol. The van der Waals surface area contributed by atoms with Gasteiger partial charge in [0.25, 0.3) is 6.10 Å². The second kappa shape index (κ2) is 6.97. The van der Waals surface area contributed by atoms with E-state index in [0.29, 0.717) is 0 Å². The summed E-state index contributed by atoms with van der Waals surface area (Å²) in [6.07, 6.45) is 1.47. The number of aliphatic carboxylic acids is 1. The molecule has 1 atom stereocenters. The van der Waals surface area contributed by atoms with Gasteiger partial charge < -0.3 is 18.8 Å². The second-order valence-electron chi connectivity index (χ2n) is 2.97. The predicted octanol–water partition coefficient (Wildman–Crippen LogP) is 1.10. The van der Waals surface area contributed by atoms with Crippen LogP contribution in [0.25, 0.3) is 0 Å². The fourth-order valence-corrected chi connectivity index (χ4v) is 1.44. The summed E-state index contributed by atoms with van der Waals surface area (Å²) in [6, 6.07) is 0. The van der Waals surface area contributed by atoms with Gasteiger partial charge in [-0.05, 0) is 18.6 Å². The standard InChI is InChI=1S/C10H12O6S/c1-2-14-10(13)8(9(11)12)15-5-7-3-4-16-17-6-7/h3-4,6,8H,2,5H2,1H3,(H,11,12). The Kier molecular flexibility index (Phi) is 5.58. The van der Waals surface area contributed by atoms with Crippen molar-refractivity contribution in [1.29, 1.82) is 0 Å². The van der Waals surface area contributed by atoms with Crippen LogP contribution in [0.2, 0.25) is 0 Å². The molecule has 1 aliphatic rings. The first-order chi connectivity index (χ1) is 8.15. The summed E-state index contributed by atoms with van der Waals surface area (Å²) in [5.41, 5.74) is 0.719. The Hall–Kier alpha value is -1.47. The van der Waals surface area contributed by atoms with Crippen molar-refractivity contribution in [3.63, 3.8) is 0 Å². The van der Waals surface area contributed by atoms with Crippen LogP contribution in [-0.2, 0) is 23.2 Å². The number of rotatable bonds is 6. The zero-order valence-electron chi connectivity index (χ0n) is 9.12. The molecule has 1 rings (SSSR count). The van der Waals surface area contributed by atoms with E-state index in [4.69, 9.17) is 14.0 Å². The van der Waals surface area contributed by atoms with E-state index < -0.39 is 18.0 Å². The lowest BCUT2D eigenvalue weighted by molar-refractivity contribution is -0.168. The van der Waals surface area contributed by atoms with Crippen LogP contribution >= 0.6 is 12.0 Å². The molecule has 1 heterocycles. The summed E-state index contributed by atoms with van der Waals surface area (Å²) in [5, 5.41) is 10.5. The Morgan fingerprint density at radius 1 is 1.59 bits per heavy atom. The quantitative estimate of drug-likeness (QED) is 0.435. The lowest BCUT2D eigenvalue weighted by atomic mass is 10.3. The monoisotopic (exact) mass is 260 g/mol. The molecule has 0 radical (unpaired) electrons. The van der Waals surface area contributed by atoms with Gasteiger partial charge in [0, 0.05) is 5.41 Å². The van der Waals surface area contributed by atoms with E-state index >= 15 is 0 Å². The van der Waals surface area contributed by atoms with Crippen molar-refractivity contribution in [2.45, 2.75) is 13.0 Å². The molecule has 0 aliphatic carbocycles. The van der Waals surface area contributed by atoms with Crippen molar-refractivity contribution >= 4 is 24.0 Å². The highest BCUT2D eigenvalue weighted by Crippen LogP contribution is 2.17. The van der Waals surface area contributed by atoms with Crippen molar-refractivity contribution in [2.75, 3.05) is 13.2 Å². The van der Waals surface area contributed by atoms with Gasteiger partial charge in [-0.15, -0.1) is 0 Å². The van der Waals surface area contributed by atoms with Crippen LogP contribution in [0.3, 0.4) is 0 Å². The van der Waals surface area contributed by atoms with Gasteiger partial charge in [-0.2, -0.15) is 0 Å². The van der Waals surface area contributed by atoms with E-state index in [1.165, 1.54) is 6.26 Å². The number of ether oxygens (including phenoxy) is 2. The summed E-state index contributed by atoms with van der Waals surface area (Å²) < 4.78 is 14.4. The molecule has 17 heavy (non-hydrogen) atoms. The topological polar surface area (TPSA) is 82.1 Å². The van der Waals surface area contributed by atoms with E-state index in [-0.39, 0.29) is 13.2 Å². The average Bonchev–Trinajstić information content (AvgIpc) is 2.30. The SMILES string of the molecule is CCOC(=O)C(OCC1=CSOC=C1)C(=O)O. The minimum atomic E-state index is -1.60. The molecule has 0 aromatic carbocycles. The van der Waals surface area contributed by atoms with Crippen molar-refractivity contribution < 1.29 is 28.4 Å². The van der Waals surface area contributed by atoms with E-state index in [2.05, 4.69) is 4.74 Å². The smallest absolute Gasteiger partial charge is 0.347 e. The number of carboxylic acids is 1. The molecule has 0 aromatic heterocycles. The third kappa shape index (κ3) is 4.49. The fraction of sp³-hybridized carbons (Fsp3) is 0.400. The number of esters is 1. The Morgan fingerprint density at radius 3 is 2.88 bits per heavy atom. The lowest BCUT2D eigenvalue weighted by Gasteiger charge is -2.13. The van der Waals surface area contributed by atoms with Crippen molar-refractivity contribution in [3.05, 3.63) is 23.3 Å². The van der Waals surface area contributed by atoms with E-state index in [9.17, 15) is 9.59 Å². The first-order valence-corrected chi connectivity index (χ1v) is 5.64. The molecular formula is C10H12O6S. The number of carboxylic acid groups (broad SMARTS) is 1. The van der Waals surface area contributed by atoms with Crippen LogP contribution < -0.4 is 0 Å². The fourth-order valence-electron chi connectivity index (χ4n) is 0.996. The van der Waals surface area contributed by atoms with E-state index in [0.717, 1.165) is 17.6 Å². The molecule has 94 valence electrons. The molecular weight excluding hydrogens is 248 g/mol. The van der Waals surface area contributed by atoms with Crippen LogP contribution in [0.1, 0.15) is 6.92 Å². The first-order valence-electron chi connectivity index (χ1n) is 4.84. The maximum absolute atomic E-state index is 11.3. The van der Waals surface area contributed by atoms with Crippen LogP contribution in [0.4, 0.5) is 0 Å². The summed E-state index contributed by atoms with van der Waals surface area (Å²) in [5.74, 6) is -2.27. The van der Waals surface area contributed by atoms with Crippen LogP contribution in [0, 0.1) is 0 Å². The van der Waals surface area contributed by atoms with Gasteiger partial charge in [0.15, 0.2) is 0 Å². The maximum Gasteiger partial charge on any atom is 0.347 e. The summed E-state index contributed by atoms with van der Waals surface area (Å²) in [7, 11) is 0. The molecule has 7 heteroatoms. The molecule has 1 N–H and O–H groups in total. The second-order valence-corrected chi connectivity index (χ2v) is 3.59. The van der Waals surface area contributed by atoms with E-state index in [1.807, 2.05) is 0 Å². The van der Waals surface area contributed by atoms with Gasteiger partial charge in [-0.25, -0.2) is 9.59 Å².